The number of rotatable bonds is 6. The summed E-state index contributed by atoms with van der Waals surface area (Å²) < 4.78 is 26.8. The van der Waals surface area contributed by atoms with Crippen LogP contribution in [0.5, 0.6) is 0 Å². The Balaban J connectivity index is 1.69. The van der Waals surface area contributed by atoms with Crippen LogP contribution in [0.2, 0.25) is 0 Å². The van der Waals surface area contributed by atoms with Crippen molar-refractivity contribution in [3.63, 3.8) is 0 Å². The number of β-amino-alcohol motifs (C(OH)–C–C–N with tert-alkyl or cyclic N) is 1. The average molecular weight is 376 g/mol. The molecule has 0 amide bonds. The second-order valence-electron chi connectivity index (χ2n) is 6.65. The van der Waals surface area contributed by atoms with Gasteiger partial charge in [0.15, 0.2) is 0 Å². The Hall–Kier alpha value is -1.77. The van der Waals surface area contributed by atoms with Crippen LogP contribution in [0, 0.1) is 0 Å². The predicted octanol–water partition coefficient (Wildman–Crippen LogP) is 0.963. The lowest BCUT2D eigenvalue weighted by molar-refractivity contribution is -0.104. The summed E-state index contributed by atoms with van der Waals surface area (Å²) in [5, 5.41) is 24.3. The SMILES string of the molecule is O=S(=O)(c1ccccc1)N1CC[C@H](O)[C@@](O)(CNCc2ccccc2)C1. The number of hydrogen-bond donors (Lipinski definition) is 3. The maximum atomic E-state index is 12.8. The molecule has 1 heterocycles. The van der Waals surface area contributed by atoms with Crippen LogP contribution < -0.4 is 5.32 Å². The third-order valence-corrected chi connectivity index (χ3v) is 6.57. The van der Waals surface area contributed by atoms with E-state index in [0.717, 1.165) is 5.56 Å². The van der Waals surface area contributed by atoms with Gasteiger partial charge in [0.1, 0.15) is 5.60 Å². The van der Waals surface area contributed by atoms with E-state index in [0.29, 0.717) is 6.54 Å². The third-order valence-electron chi connectivity index (χ3n) is 4.71. The minimum Gasteiger partial charge on any atom is -0.390 e. The highest BCUT2D eigenvalue weighted by Gasteiger charge is 2.44. The molecule has 2 atom stereocenters. The molecule has 0 aromatic heterocycles. The van der Waals surface area contributed by atoms with E-state index in [4.69, 9.17) is 0 Å². The van der Waals surface area contributed by atoms with E-state index in [1.165, 1.54) is 16.4 Å². The molecule has 1 aliphatic heterocycles. The smallest absolute Gasteiger partial charge is 0.243 e. The van der Waals surface area contributed by atoms with Gasteiger partial charge in [-0.3, -0.25) is 0 Å². The van der Waals surface area contributed by atoms with Crippen molar-refractivity contribution < 1.29 is 18.6 Å². The van der Waals surface area contributed by atoms with Crippen molar-refractivity contribution >= 4 is 10.0 Å². The van der Waals surface area contributed by atoms with Crippen LogP contribution in [-0.4, -0.2) is 54.3 Å². The summed E-state index contributed by atoms with van der Waals surface area (Å²) in [5.74, 6) is 0. The molecule has 0 spiro atoms. The summed E-state index contributed by atoms with van der Waals surface area (Å²) in [7, 11) is -3.70. The molecule has 3 N–H and O–H groups in total. The molecule has 3 rings (SSSR count). The highest BCUT2D eigenvalue weighted by molar-refractivity contribution is 7.89. The minimum atomic E-state index is -3.70. The summed E-state index contributed by atoms with van der Waals surface area (Å²) in [4.78, 5) is 0.191. The Labute approximate surface area is 154 Å². The van der Waals surface area contributed by atoms with E-state index in [-0.39, 0.29) is 31.0 Å². The van der Waals surface area contributed by atoms with Crippen molar-refractivity contribution in [3.8, 4) is 0 Å². The topological polar surface area (TPSA) is 89.9 Å². The van der Waals surface area contributed by atoms with Crippen LogP contribution in [0.4, 0.5) is 0 Å². The number of sulfonamides is 1. The fraction of sp³-hybridized carbons (Fsp3) is 0.368. The average Bonchev–Trinajstić information content (AvgIpc) is 2.65. The molecule has 7 heteroatoms. The van der Waals surface area contributed by atoms with Crippen LogP contribution in [-0.2, 0) is 16.6 Å². The summed E-state index contributed by atoms with van der Waals surface area (Å²) >= 11 is 0. The number of hydrogen-bond acceptors (Lipinski definition) is 5. The fourth-order valence-corrected chi connectivity index (χ4v) is 4.70. The van der Waals surface area contributed by atoms with Crippen LogP contribution >= 0.6 is 0 Å². The maximum absolute atomic E-state index is 12.8. The molecule has 0 aliphatic carbocycles. The summed E-state index contributed by atoms with van der Waals surface area (Å²) in [6.45, 7) is 0.664. The minimum absolute atomic E-state index is 0.101. The molecule has 0 bridgehead atoms. The van der Waals surface area contributed by atoms with Gasteiger partial charge in [0.25, 0.3) is 0 Å². The van der Waals surface area contributed by atoms with Gasteiger partial charge in [0.05, 0.1) is 11.0 Å². The standard InChI is InChI=1S/C19H24N2O4S/c22-18-11-12-21(26(24,25)17-9-5-2-6-10-17)15-19(18,23)14-20-13-16-7-3-1-4-8-16/h1-10,18,20,22-23H,11-15H2/t18-,19+/m0/s1. The summed E-state index contributed by atoms with van der Waals surface area (Å²) in [6, 6.07) is 17.8. The number of aliphatic hydroxyl groups excluding tert-OH is 1. The Morgan fingerprint density at radius 3 is 2.35 bits per heavy atom. The molecule has 2 aromatic rings. The number of piperidine rings is 1. The Morgan fingerprint density at radius 1 is 1.08 bits per heavy atom. The number of nitrogens with zero attached hydrogens (tertiary/aromatic N) is 1. The van der Waals surface area contributed by atoms with Gasteiger partial charge in [-0.25, -0.2) is 8.42 Å². The summed E-state index contributed by atoms with van der Waals surface area (Å²) in [6.07, 6.45) is -0.789. The van der Waals surface area contributed by atoms with Gasteiger partial charge in [0, 0.05) is 26.2 Å². The quantitative estimate of drug-likeness (QED) is 0.699. The van der Waals surface area contributed by atoms with E-state index < -0.39 is 21.7 Å². The van der Waals surface area contributed by atoms with Gasteiger partial charge < -0.3 is 15.5 Å². The van der Waals surface area contributed by atoms with Gasteiger partial charge in [-0.2, -0.15) is 4.31 Å². The van der Waals surface area contributed by atoms with Crippen molar-refractivity contribution in [3.05, 3.63) is 66.2 Å². The number of nitrogens with one attached hydrogen (secondary N) is 1. The molecule has 1 fully saturated rings. The molecular formula is C19H24N2O4S. The summed E-state index contributed by atoms with van der Waals surface area (Å²) in [5.41, 5.74) is -0.482. The molecular weight excluding hydrogens is 352 g/mol. The zero-order chi connectivity index (χ0) is 18.6. The van der Waals surface area contributed by atoms with Gasteiger partial charge in [0.2, 0.25) is 10.0 Å². The maximum Gasteiger partial charge on any atom is 0.243 e. The Morgan fingerprint density at radius 2 is 1.69 bits per heavy atom. The van der Waals surface area contributed by atoms with Gasteiger partial charge in [-0.1, -0.05) is 48.5 Å². The highest BCUT2D eigenvalue weighted by atomic mass is 32.2. The molecule has 26 heavy (non-hydrogen) atoms. The first kappa shape index (κ1) is 19.0. The molecule has 2 aromatic carbocycles. The molecule has 6 nitrogen and oxygen atoms in total. The lowest BCUT2D eigenvalue weighted by Crippen LogP contribution is -2.62. The number of aliphatic hydroxyl groups is 2. The van der Waals surface area contributed by atoms with E-state index in [2.05, 4.69) is 5.32 Å². The molecule has 0 unspecified atom stereocenters. The lowest BCUT2D eigenvalue weighted by atomic mass is 9.90. The van der Waals surface area contributed by atoms with Gasteiger partial charge >= 0.3 is 0 Å². The zero-order valence-electron chi connectivity index (χ0n) is 14.5. The van der Waals surface area contributed by atoms with Crippen molar-refractivity contribution in [2.75, 3.05) is 19.6 Å². The highest BCUT2D eigenvalue weighted by Crippen LogP contribution is 2.26. The second-order valence-corrected chi connectivity index (χ2v) is 8.59. The van der Waals surface area contributed by atoms with Crippen LogP contribution in [0.3, 0.4) is 0 Å². The Bertz CT molecular complexity index is 814. The van der Waals surface area contributed by atoms with Crippen molar-refractivity contribution in [2.24, 2.45) is 0 Å². The molecule has 1 saturated heterocycles. The first-order chi connectivity index (χ1) is 12.4. The van der Waals surface area contributed by atoms with E-state index in [1.54, 1.807) is 18.2 Å². The van der Waals surface area contributed by atoms with Crippen molar-refractivity contribution in [1.29, 1.82) is 0 Å². The molecule has 1 aliphatic rings. The first-order valence-electron chi connectivity index (χ1n) is 8.62. The van der Waals surface area contributed by atoms with E-state index >= 15 is 0 Å². The predicted molar refractivity (Wildman–Crippen MR) is 98.9 cm³/mol. The van der Waals surface area contributed by atoms with Crippen molar-refractivity contribution in [2.45, 2.75) is 29.6 Å². The van der Waals surface area contributed by atoms with Crippen molar-refractivity contribution in [1.82, 2.24) is 9.62 Å². The van der Waals surface area contributed by atoms with Crippen LogP contribution in [0.1, 0.15) is 12.0 Å². The zero-order valence-corrected chi connectivity index (χ0v) is 15.3. The van der Waals surface area contributed by atoms with Crippen LogP contribution in [0.15, 0.2) is 65.6 Å². The Kier molecular flexibility index (Phi) is 5.74. The van der Waals surface area contributed by atoms with Crippen LogP contribution in [0.25, 0.3) is 0 Å². The fourth-order valence-electron chi connectivity index (χ4n) is 3.16. The van der Waals surface area contributed by atoms with E-state index in [1.807, 2.05) is 30.3 Å². The van der Waals surface area contributed by atoms with E-state index in [9.17, 15) is 18.6 Å². The molecule has 140 valence electrons. The lowest BCUT2D eigenvalue weighted by Gasteiger charge is -2.42. The largest absolute Gasteiger partial charge is 0.390 e. The molecule has 0 saturated carbocycles. The third kappa shape index (κ3) is 4.13. The first-order valence-corrected chi connectivity index (χ1v) is 10.1. The van der Waals surface area contributed by atoms with Gasteiger partial charge in [-0.15, -0.1) is 0 Å². The van der Waals surface area contributed by atoms with Gasteiger partial charge in [-0.05, 0) is 24.1 Å². The molecule has 0 radical (unpaired) electrons. The normalized spacial score (nSPS) is 24.5. The number of benzene rings is 2. The monoisotopic (exact) mass is 376 g/mol. The second kappa shape index (κ2) is 7.85.